The van der Waals surface area contributed by atoms with Crippen LogP contribution in [0.3, 0.4) is 0 Å². The smallest absolute Gasteiger partial charge is 0.140 e. The van der Waals surface area contributed by atoms with Crippen LogP contribution >= 0.6 is 15.9 Å². The van der Waals surface area contributed by atoms with Gasteiger partial charge in [0, 0.05) is 24.4 Å². The van der Waals surface area contributed by atoms with Crippen LogP contribution in [0.4, 0.5) is 4.39 Å². The Morgan fingerprint density at radius 3 is 2.78 bits per heavy atom. The monoisotopic (exact) mass is 314 g/mol. The zero-order chi connectivity index (χ0) is 13.2. The minimum atomic E-state index is -0.327. The highest BCUT2D eigenvalue weighted by molar-refractivity contribution is 9.10. The van der Waals surface area contributed by atoms with Gasteiger partial charge in [-0.25, -0.2) is 4.39 Å². The maximum Gasteiger partial charge on any atom is 0.140 e. The third kappa shape index (κ3) is 2.98. The van der Waals surface area contributed by atoms with Gasteiger partial charge >= 0.3 is 0 Å². The molecule has 0 amide bonds. The Balaban J connectivity index is 2.00. The van der Waals surface area contributed by atoms with E-state index >= 15 is 0 Å². The first-order chi connectivity index (χ1) is 8.54. The molecular formula is C14H16BrFO2. The van der Waals surface area contributed by atoms with Crippen LogP contribution in [0.5, 0.6) is 0 Å². The molecule has 0 unspecified atom stereocenters. The van der Waals surface area contributed by atoms with Crippen molar-refractivity contribution in [3.8, 4) is 0 Å². The zero-order valence-electron chi connectivity index (χ0n) is 10.3. The van der Waals surface area contributed by atoms with Crippen LogP contribution in [0, 0.1) is 5.82 Å². The summed E-state index contributed by atoms with van der Waals surface area (Å²) in [6.45, 7) is 0. The number of Topliss-reactive ketones (excluding diaryl/α,β-unsaturated/α-hetero) is 1. The number of rotatable bonds is 5. The average Bonchev–Trinajstić information content (AvgIpc) is 2.28. The minimum Gasteiger partial charge on any atom is -0.378 e. The largest absolute Gasteiger partial charge is 0.378 e. The van der Waals surface area contributed by atoms with Crippen molar-refractivity contribution in [2.24, 2.45) is 0 Å². The van der Waals surface area contributed by atoms with Crippen molar-refractivity contribution in [3.05, 3.63) is 34.1 Å². The fourth-order valence-corrected chi connectivity index (χ4v) is 2.75. The molecule has 1 aliphatic rings. The molecule has 0 aliphatic heterocycles. The van der Waals surface area contributed by atoms with Crippen molar-refractivity contribution in [2.45, 2.75) is 37.7 Å². The number of methoxy groups -OCH3 is 1. The molecule has 1 fully saturated rings. The molecule has 0 atom stereocenters. The number of benzene rings is 1. The van der Waals surface area contributed by atoms with Gasteiger partial charge in [-0.15, -0.1) is 0 Å². The first kappa shape index (κ1) is 13.7. The van der Waals surface area contributed by atoms with E-state index in [1.54, 1.807) is 19.2 Å². The molecule has 1 aromatic rings. The second kappa shape index (κ2) is 5.49. The fourth-order valence-electron chi connectivity index (χ4n) is 2.34. The molecule has 4 heteroatoms. The van der Waals surface area contributed by atoms with E-state index in [-0.39, 0.29) is 23.6 Å². The van der Waals surface area contributed by atoms with Crippen molar-refractivity contribution in [1.82, 2.24) is 0 Å². The van der Waals surface area contributed by atoms with Gasteiger partial charge in [0.15, 0.2) is 0 Å². The molecule has 0 spiro atoms. The van der Waals surface area contributed by atoms with Crippen LogP contribution in [-0.2, 0) is 16.0 Å². The lowest BCUT2D eigenvalue weighted by atomic mass is 9.76. The molecule has 0 N–H and O–H groups in total. The maximum atomic E-state index is 13.5. The first-order valence-electron chi connectivity index (χ1n) is 6.05. The Bertz CT molecular complexity index is 450. The van der Waals surface area contributed by atoms with Crippen LogP contribution in [0.15, 0.2) is 22.7 Å². The van der Waals surface area contributed by atoms with Crippen LogP contribution in [0.2, 0.25) is 0 Å². The highest BCUT2D eigenvalue weighted by Crippen LogP contribution is 2.38. The topological polar surface area (TPSA) is 26.3 Å². The summed E-state index contributed by atoms with van der Waals surface area (Å²) in [7, 11) is 1.64. The lowest BCUT2D eigenvalue weighted by Crippen LogP contribution is -2.41. The molecule has 98 valence electrons. The molecule has 0 heterocycles. The second-order valence-corrected chi connectivity index (χ2v) is 5.78. The van der Waals surface area contributed by atoms with Gasteiger partial charge < -0.3 is 4.74 Å². The molecular weight excluding hydrogens is 299 g/mol. The molecule has 2 rings (SSSR count). The molecule has 0 saturated heterocycles. The predicted molar refractivity (Wildman–Crippen MR) is 71.0 cm³/mol. The molecule has 2 nitrogen and oxygen atoms in total. The first-order valence-corrected chi connectivity index (χ1v) is 6.85. The second-order valence-electron chi connectivity index (χ2n) is 4.87. The Morgan fingerprint density at radius 2 is 2.22 bits per heavy atom. The summed E-state index contributed by atoms with van der Waals surface area (Å²) in [5.74, 6) is -0.292. The summed E-state index contributed by atoms with van der Waals surface area (Å²) < 4.78 is 19.7. The number of carbonyl (C=O) groups is 1. The van der Waals surface area contributed by atoms with E-state index in [9.17, 15) is 9.18 Å². The number of ketones is 1. The Morgan fingerprint density at radius 1 is 1.50 bits per heavy atom. The molecule has 0 aromatic heterocycles. The molecule has 1 aromatic carbocycles. The third-order valence-corrected chi connectivity index (χ3v) is 4.11. The van der Waals surface area contributed by atoms with Gasteiger partial charge in [-0.05, 0) is 43.0 Å². The van der Waals surface area contributed by atoms with Crippen LogP contribution in [0.1, 0.15) is 31.2 Å². The summed E-state index contributed by atoms with van der Waals surface area (Å²) in [6, 6.07) is 4.67. The fraction of sp³-hybridized carbons (Fsp3) is 0.500. The normalized spacial score (nSPS) is 17.3. The lowest BCUT2D eigenvalue weighted by molar-refractivity contribution is -0.131. The summed E-state index contributed by atoms with van der Waals surface area (Å²) in [5.41, 5.74) is 0.166. The van der Waals surface area contributed by atoms with Gasteiger partial charge in [-0.2, -0.15) is 0 Å². The number of hydrogen-bond donors (Lipinski definition) is 0. The minimum absolute atomic E-state index is 0.0357. The molecule has 0 bridgehead atoms. The van der Waals surface area contributed by atoms with Crippen LogP contribution in [-0.4, -0.2) is 18.5 Å². The summed E-state index contributed by atoms with van der Waals surface area (Å²) in [5, 5.41) is 0. The average molecular weight is 315 g/mol. The van der Waals surface area contributed by atoms with Crippen molar-refractivity contribution in [1.29, 1.82) is 0 Å². The number of halogens is 2. The van der Waals surface area contributed by atoms with E-state index in [4.69, 9.17) is 4.74 Å². The third-order valence-electron chi connectivity index (χ3n) is 3.61. The van der Waals surface area contributed by atoms with E-state index in [0.29, 0.717) is 12.0 Å². The van der Waals surface area contributed by atoms with E-state index in [0.717, 1.165) is 23.7 Å². The quantitative estimate of drug-likeness (QED) is 0.829. The molecule has 18 heavy (non-hydrogen) atoms. The lowest BCUT2D eigenvalue weighted by Gasteiger charge is -2.40. The highest BCUT2D eigenvalue weighted by atomic mass is 79.9. The van der Waals surface area contributed by atoms with Gasteiger partial charge in [0.25, 0.3) is 0 Å². The Kier molecular flexibility index (Phi) is 4.17. The van der Waals surface area contributed by atoms with E-state index in [1.807, 2.05) is 0 Å². The van der Waals surface area contributed by atoms with Gasteiger partial charge in [0.1, 0.15) is 11.6 Å². The van der Waals surface area contributed by atoms with Gasteiger partial charge in [0.05, 0.1) is 5.60 Å². The van der Waals surface area contributed by atoms with E-state index < -0.39 is 0 Å². The highest BCUT2D eigenvalue weighted by Gasteiger charge is 2.38. The summed E-state index contributed by atoms with van der Waals surface area (Å²) >= 11 is 3.28. The van der Waals surface area contributed by atoms with Gasteiger partial charge in [-0.1, -0.05) is 15.9 Å². The van der Waals surface area contributed by atoms with Crippen molar-refractivity contribution in [2.75, 3.05) is 7.11 Å². The zero-order valence-corrected chi connectivity index (χ0v) is 11.9. The van der Waals surface area contributed by atoms with Crippen LogP contribution < -0.4 is 0 Å². The molecule has 1 aliphatic carbocycles. The summed E-state index contributed by atoms with van der Waals surface area (Å²) in [4.78, 5) is 12.0. The number of hydrogen-bond acceptors (Lipinski definition) is 2. The van der Waals surface area contributed by atoms with E-state index in [2.05, 4.69) is 15.9 Å². The predicted octanol–water partition coefficient (Wildman–Crippen LogP) is 3.66. The standard InChI is InChI=1S/C14H16BrFO2/c1-18-14(5-2-6-14)9-12(17)8-10-7-11(15)3-4-13(10)16/h3-4,7H,2,5-6,8-9H2,1H3. The van der Waals surface area contributed by atoms with Crippen LogP contribution in [0.25, 0.3) is 0 Å². The van der Waals surface area contributed by atoms with Crippen molar-refractivity contribution < 1.29 is 13.9 Å². The molecule has 1 saturated carbocycles. The number of ether oxygens (including phenoxy) is 1. The summed E-state index contributed by atoms with van der Waals surface area (Å²) in [6.07, 6.45) is 3.48. The van der Waals surface area contributed by atoms with Crippen molar-refractivity contribution in [3.63, 3.8) is 0 Å². The maximum absolute atomic E-state index is 13.5. The molecule has 0 radical (unpaired) electrons. The van der Waals surface area contributed by atoms with Gasteiger partial charge in [-0.3, -0.25) is 4.79 Å². The Hall–Kier alpha value is -0.740. The van der Waals surface area contributed by atoms with Gasteiger partial charge in [0.2, 0.25) is 0 Å². The number of carbonyl (C=O) groups excluding carboxylic acids is 1. The van der Waals surface area contributed by atoms with E-state index in [1.165, 1.54) is 6.07 Å². The van der Waals surface area contributed by atoms with Crippen molar-refractivity contribution >= 4 is 21.7 Å². The Labute approximate surface area is 115 Å². The SMILES string of the molecule is COC1(CC(=O)Cc2cc(Br)ccc2F)CCC1.